The number of rotatable bonds is 9. The van der Waals surface area contributed by atoms with Crippen molar-refractivity contribution >= 4 is 39.9 Å². The number of carbonyl (C=O) groups is 2. The summed E-state index contributed by atoms with van der Waals surface area (Å²) in [5.41, 5.74) is -0.189. The molecule has 190 valence electrons. The van der Waals surface area contributed by atoms with E-state index in [4.69, 9.17) is 21.1 Å². The second kappa shape index (κ2) is 11.1. The highest BCUT2D eigenvalue weighted by molar-refractivity contribution is 6.32. The van der Waals surface area contributed by atoms with Crippen LogP contribution in [0.5, 0.6) is 11.5 Å². The van der Waals surface area contributed by atoms with Crippen molar-refractivity contribution in [1.29, 1.82) is 0 Å². The lowest BCUT2D eigenvalue weighted by Gasteiger charge is -2.16. The molecule has 4 aromatic rings. The number of para-hydroxylation sites is 1. The number of fused-ring (bicyclic) bond motifs is 1. The highest BCUT2D eigenvalue weighted by Gasteiger charge is 2.19. The molecule has 0 spiro atoms. The molecular weight excluding hydrogens is 500 g/mol. The van der Waals surface area contributed by atoms with Gasteiger partial charge in [-0.05, 0) is 29.8 Å². The first kappa shape index (κ1) is 25.6. The number of nitrogens with one attached hydrogen (secondary N) is 1. The van der Waals surface area contributed by atoms with E-state index in [1.54, 1.807) is 48.8 Å². The van der Waals surface area contributed by atoms with E-state index < -0.39 is 30.2 Å². The van der Waals surface area contributed by atoms with Crippen LogP contribution in [0.3, 0.4) is 0 Å². The number of Topliss-reactive ketones (excluding diaryl/α,β-unsaturated/α-hetero) is 1. The zero-order valence-electron chi connectivity index (χ0n) is 20.1. The number of ether oxygens (including phenoxy) is 2. The summed E-state index contributed by atoms with van der Waals surface area (Å²) in [5, 5.41) is 3.13. The van der Waals surface area contributed by atoms with Crippen LogP contribution in [0, 0.1) is 0 Å². The van der Waals surface area contributed by atoms with Gasteiger partial charge in [-0.15, -0.1) is 0 Å². The van der Waals surface area contributed by atoms with E-state index in [1.807, 2.05) is 0 Å². The predicted molar refractivity (Wildman–Crippen MR) is 139 cm³/mol. The van der Waals surface area contributed by atoms with E-state index in [0.717, 1.165) is 9.13 Å². The number of carbonyl (C=O) groups excluding carboxylic acids is 2. The predicted octanol–water partition coefficient (Wildman–Crippen LogP) is 2.68. The number of anilines is 1. The van der Waals surface area contributed by atoms with Crippen molar-refractivity contribution in [2.24, 2.45) is 0 Å². The second-order valence-electron chi connectivity index (χ2n) is 8.09. The summed E-state index contributed by atoms with van der Waals surface area (Å²) >= 11 is 6.19. The maximum absolute atomic E-state index is 13.4. The van der Waals surface area contributed by atoms with Crippen molar-refractivity contribution in [2.45, 2.75) is 19.5 Å². The van der Waals surface area contributed by atoms with Crippen LogP contribution in [0.15, 0.2) is 70.5 Å². The molecule has 0 saturated heterocycles. The topological polar surface area (TPSA) is 122 Å². The number of hydrogen-bond donors (Lipinski definition) is 1. The zero-order chi connectivity index (χ0) is 26.5. The van der Waals surface area contributed by atoms with Crippen LogP contribution in [0.1, 0.15) is 5.56 Å². The first-order valence-corrected chi connectivity index (χ1v) is 11.5. The number of hydrogen-bond acceptors (Lipinski definition) is 7. The van der Waals surface area contributed by atoms with E-state index in [9.17, 15) is 19.2 Å². The summed E-state index contributed by atoms with van der Waals surface area (Å²) in [6.07, 6.45) is 3.13. The SMILES string of the molecule is COc1cc(OC)c(NC(=O)Cn2c(=O)n(CC(=O)Cc3cccnc3)c(=O)c3ccccc32)cc1Cl. The molecule has 0 aliphatic heterocycles. The van der Waals surface area contributed by atoms with Crippen molar-refractivity contribution < 1.29 is 19.1 Å². The lowest BCUT2D eigenvalue weighted by molar-refractivity contribution is -0.119. The van der Waals surface area contributed by atoms with Gasteiger partial charge in [-0.1, -0.05) is 29.8 Å². The Bertz CT molecular complexity index is 1600. The molecule has 2 aromatic carbocycles. The minimum Gasteiger partial charge on any atom is -0.495 e. The van der Waals surface area contributed by atoms with Gasteiger partial charge in [0.25, 0.3) is 5.56 Å². The van der Waals surface area contributed by atoms with E-state index in [-0.39, 0.29) is 33.8 Å². The number of amides is 1. The van der Waals surface area contributed by atoms with Gasteiger partial charge in [0.15, 0.2) is 5.78 Å². The quantitative estimate of drug-likeness (QED) is 0.358. The molecule has 4 rings (SSSR count). The number of ketones is 1. The second-order valence-corrected chi connectivity index (χ2v) is 8.50. The van der Waals surface area contributed by atoms with E-state index in [2.05, 4.69) is 10.3 Å². The minimum atomic E-state index is -0.780. The monoisotopic (exact) mass is 522 g/mol. The number of aromatic nitrogens is 3. The molecule has 1 amide bonds. The first-order valence-electron chi connectivity index (χ1n) is 11.2. The molecule has 37 heavy (non-hydrogen) atoms. The molecule has 2 heterocycles. The van der Waals surface area contributed by atoms with Crippen LogP contribution >= 0.6 is 11.6 Å². The smallest absolute Gasteiger partial charge is 0.332 e. The average Bonchev–Trinajstić information content (AvgIpc) is 2.90. The van der Waals surface area contributed by atoms with Gasteiger partial charge in [0.2, 0.25) is 5.91 Å². The van der Waals surface area contributed by atoms with Gasteiger partial charge in [0.05, 0.1) is 42.4 Å². The fourth-order valence-corrected chi connectivity index (χ4v) is 4.16. The molecule has 0 fully saturated rings. The number of pyridine rings is 1. The lowest BCUT2D eigenvalue weighted by Crippen LogP contribution is -2.43. The van der Waals surface area contributed by atoms with Crippen molar-refractivity contribution in [2.75, 3.05) is 19.5 Å². The third-order valence-electron chi connectivity index (χ3n) is 5.64. The summed E-state index contributed by atoms with van der Waals surface area (Å²) in [7, 11) is 2.88. The largest absolute Gasteiger partial charge is 0.495 e. The Morgan fingerprint density at radius 1 is 0.973 bits per heavy atom. The van der Waals surface area contributed by atoms with Gasteiger partial charge in [-0.3, -0.25) is 28.5 Å². The number of methoxy groups -OCH3 is 2. The van der Waals surface area contributed by atoms with Crippen LogP contribution in [0.2, 0.25) is 5.02 Å². The molecule has 0 aliphatic rings. The standard InChI is InChI=1S/C26H23ClN4O6/c1-36-22-12-23(37-2)20(11-19(22)27)29-24(33)15-30-21-8-4-3-7-18(21)25(34)31(26(30)35)14-17(32)10-16-6-5-9-28-13-16/h3-9,11-13H,10,14-15H2,1-2H3,(H,29,33). The summed E-state index contributed by atoms with van der Waals surface area (Å²) < 4.78 is 12.5. The summed E-state index contributed by atoms with van der Waals surface area (Å²) in [6, 6.07) is 12.8. The van der Waals surface area contributed by atoms with Gasteiger partial charge in [-0.2, -0.15) is 0 Å². The zero-order valence-corrected chi connectivity index (χ0v) is 20.8. The van der Waals surface area contributed by atoms with Crippen molar-refractivity contribution in [3.63, 3.8) is 0 Å². The van der Waals surface area contributed by atoms with Crippen molar-refractivity contribution in [3.8, 4) is 11.5 Å². The molecule has 2 aromatic heterocycles. The van der Waals surface area contributed by atoms with Crippen LogP contribution in [-0.4, -0.2) is 40.0 Å². The Balaban J connectivity index is 1.67. The molecule has 11 heteroatoms. The van der Waals surface area contributed by atoms with Gasteiger partial charge in [0, 0.05) is 24.9 Å². The number of nitrogens with zero attached hydrogens (tertiary/aromatic N) is 3. The van der Waals surface area contributed by atoms with Crippen molar-refractivity contribution in [1.82, 2.24) is 14.1 Å². The Hall–Kier alpha value is -4.44. The summed E-state index contributed by atoms with van der Waals surface area (Å²) in [5.74, 6) is -0.255. The van der Waals surface area contributed by atoms with Crippen LogP contribution < -0.4 is 26.0 Å². The van der Waals surface area contributed by atoms with Crippen LogP contribution in [-0.2, 0) is 29.1 Å². The molecule has 0 unspecified atom stereocenters. The lowest BCUT2D eigenvalue weighted by atomic mass is 10.1. The van der Waals surface area contributed by atoms with Gasteiger partial charge < -0.3 is 14.8 Å². The number of halogens is 1. The Kier molecular flexibility index (Phi) is 7.69. The summed E-state index contributed by atoms with van der Waals surface area (Å²) in [6.45, 7) is -0.871. The highest BCUT2D eigenvalue weighted by Crippen LogP contribution is 2.35. The molecular formula is C26H23ClN4O6. The van der Waals surface area contributed by atoms with E-state index in [1.165, 1.54) is 26.4 Å². The maximum Gasteiger partial charge on any atom is 0.332 e. The Labute approximate surface area is 216 Å². The average molecular weight is 523 g/mol. The molecule has 0 atom stereocenters. The molecule has 0 aliphatic carbocycles. The van der Waals surface area contributed by atoms with Gasteiger partial charge in [-0.25, -0.2) is 4.79 Å². The normalized spacial score (nSPS) is 10.8. The first-order chi connectivity index (χ1) is 17.8. The fraction of sp³-hybridized carbons (Fsp3) is 0.192. The third kappa shape index (κ3) is 5.54. The molecule has 10 nitrogen and oxygen atoms in total. The molecule has 0 radical (unpaired) electrons. The van der Waals surface area contributed by atoms with E-state index in [0.29, 0.717) is 17.1 Å². The number of benzene rings is 2. The maximum atomic E-state index is 13.4. The van der Waals surface area contributed by atoms with Crippen molar-refractivity contribution in [3.05, 3.63) is 92.3 Å². The van der Waals surface area contributed by atoms with Gasteiger partial charge in [0.1, 0.15) is 18.0 Å². The van der Waals surface area contributed by atoms with E-state index >= 15 is 0 Å². The molecule has 0 saturated carbocycles. The minimum absolute atomic E-state index is 0.00502. The third-order valence-corrected chi connectivity index (χ3v) is 5.94. The molecule has 1 N–H and O–H groups in total. The van der Waals surface area contributed by atoms with Gasteiger partial charge >= 0.3 is 5.69 Å². The Morgan fingerprint density at radius 3 is 2.43 bits per heavy atom. The fourth-order valence-electron chi connectivity index (χ4n) is 3.92. The Morgan fingerprint density at radius 2 is 1.73 bits per heavy atom. The van der Waals surface area contributed by atoms with Crippen LogP contribution in [0.25, 0.3) is 10.9 Å². The summed E-state index contributed by atoms with van der Waals surface area (Å²) in [4.78, 5) is 56.1. The van der Waals surface area contributed by atoms with Crippen LogP contribution in [0.4, 0.5) is 5.69 Å². The highest BCUT2D eigenvalue weighted by atomic mass is 35.5. The molecule has 0 bridgehead atoms.